The van der Waals surface area contributed by atoms with Gasteiger partial charge in [0.15, 0.2) is 5.82 Å². The van der Waals surface area contributed by atoms with Crippen molar-refractivity contribution in [3.63, 3.8) is 0 Å². The number of hydrogen-bond acceptors (Lipinski definition) is 7. The van der Waals surface area contributed by atoms with Gasteiger partial charge >= 0.3 is 0 Å². The van der Waals surface area contributed by atoms with Crippen molar-refractivity contribution in [3.05, 3.63) is 52.6 Å². The third-order valence-corrected chi connectivity index (χ3v) is 4.06. The van der Waals surface area contributed by atoms with Crippen LogP contribution in [0.15, 0.2) is 42.6 Å². The summed E-state index contributed by atoms with van der Waals surface area (Å²) < 4.78 is 10.6. The van der Waals surface area contributed by atoms with Crippen LogP contribution in [0.2, 0.25) is 10.0 Å². The molecular weight excluding hydrogens is 377 g/mol. The summed E-state index contributed by atoms with van der Waals surface area (Å²) in [5, 5.41) is 15.0. The van der Waals surface area contributed by atoms with Crippen molar-refractivity contribution in [1.29, 1.82) is 0 Å². The van der Waals surface area contributed by atoms with Crippen LogP contribution >= 0.6 is 23.2 Å². The summed E-state index contributed by atoms with van der Waals surface area (Å²) >= 11 is 12.3. The minimum Gasteiger partial charge on any atom is -0.497 e. The molecule has 3 rings (SSSR count). The first-order valence-corrected chi connectivity index (χ1v) is 8.26. The summed E-state index contributed by atoms with van der Waals surface area (Å²) in [6.07, 6.45) is 1.47. The smallest absolute Gasteiger partial charge is 0.249 e. The van der Waals surface area contributed by atoms with Gasteiger partial charge in [-0.2, -0.15) is 10.1 Å². The van der Waals surface area contributed by atoms with Crippen LogP contribution < -0.4 is 20.1 Å². The van der Waals surface area contributed by atoms with Crippen LogP contribution in [0.5, 0.6) is 11.5 Å². The largest absolute Gasteiger partial charge is 0.497 e. The van der Waals surface area contributed by atoms with Gasteiger partial charge in [-0.05, 0) is 24.3 Å². The van der Waals surface area contributed by atoms with Gasteiger partial charge in [0.1, 0.15) is 11.5 Å². The molecular formula is C17H15Cl2N5O2. The van der Waals surface area contributed by atoms with Crippen molar-refractivity contribution < 1.29 is 9.47 Å². The van der Waals surface area contributed by atoms with Crippen LogP contribution in [0.25, 0.3) is 0 Å². The summed E-state index contributed by atoms with van der Waals surface area (Å²) in [7, 11) is 3.16. The number of anilines is 4. The second-order valence-electron chi connectivity index (χ2n) is 5.08. The Labute approximate surface area is 160 Å². The summed E-state index contributed by atoms with van der Waals surface area (Å²) in [4.78, 5) is 4.37. The highest BCUT2D eigenvalue weighted by atomic mass is 35.5. The Bertz CT molecular complexity index is 903. The van der Waals surface area contributed by atoms with E-state index in [9.17, 15) is 0 Å². The van der Waals surface area contributed by atoms with Crippen LogP contribution in [0, 0.1) is 0 Å². The Kier molecular flexibility index (Phi) is 5.60. The fourth-order valence-corrected chi connectivity index (χ4v) is 2.69. The molecule has 0 saturated heterocycles. The van der Waals surface area contributed by atoms with Crippen molar-refractivity contribution in [2.45, 2.75) is 0 Å². The topological polar surface area (TPSA) is 81.2 Å². The maximum Gasteiger partial charge on any atom is 0.249 e. The van der Waals surface area contributed by atoms with Crippen molar-refractivity contribution in [2.75, 3.05) is 24.9 Å². The third kappa shape index (κ3) is 4.07. The predicted molar refractivity (Wildman–Crippen MR) is 102 cm³/mol. The Morgan fingerprint density at radius 3 is 2.42 bits per heavy atom. The van der Waals surface area contributed by atoms with E-state index in [4.69, 9.17) is 32.7 Å². The quantitative estimate of drug-likeness (QED) is 0.630. The second kappa shape index (κ2) is 8.07. The minimum absolute atomic E-state index is 0.268. The molecule has 0 spiro atoms. The fourth-order valence-electron chi connectivity index (χ4n) is 2.19. The first-order valence-electron chi connectivity index (χ1n) is 7.50. The summed E-state index contributed by atoms with van der Waals surface area (Å²) in [6.45, 7) is 0. The van der Waals surface area contributed by atoms with Gasteiger partial charge in [0.05, 0.1) is 41.8 Å². The van der Waals surface area contributed by atoms with E-state index in [0.717, 1.165) is 0 Å². The van der Waals surface area contributed by atoms with Crippen molar-refractivity contribution in [2.24, 2.45) is 0 Å². The first kappa shape index (κ1) is 18.0. The zero-order valence-corrected chi connectivity index (χ0v) is 15.5. The van der Waals surface area contributed by atoms with Crippen LogP contribution in [0.4, 0.5) is 23.1 Å². The van der Waals surface area contributed by atoms with Gasteiger partial charge in [-0.3, -0.25) is 0 Å². The number of nitrogens with one attached hydrogen (secondary N) is 2. The van der Waals surface area contributed by atoms with Crippen LogP contribution in [0.1, 0.15) is 0 Å². The molecule has 0 atom stereocenters. The molecule has 1 heterocycles. The molecule has 0 fully saturated rings. The second-order valence-corrected chi connectivity index (χ2v) is 5.89. The highest BCUT2D eigenvalue weighted by Gasteiger charge is 2.10. The maximum atomic E-state index is 6.17. The molecule has 0 aliphatic carbocycles. The van der Waals surface area contributed by atoms with Crippen LogP contribution in [-0.4, -0.2) is 29.4 Å². The Morgan fingerprint density at radius 1 is 0.962 bits per heavy atom. The molecule has 0 aliphatic rings. The van der Waals surface area contributed by atoms with Gasteiger partial charge in [-0.25, -0.2) is 0 Å². The van der Waals surface area contributed by atoms with Gasteiger partial charge in [-0.15, -0.1) is 5.10 Å². The molecule has 9 heteroatoms. The summed E-state index contributed by atoms with van der Waals surface area (Å²) in [6, 6.07) is 10.6. The molecule has 0 radical (unpaired) electrons. The van der Waals surface area contributed by atoms with Gasteiger partial charge in [-0.1, -0.05) is 29.3 Å². The number of benzene rings is 2. The number of halogens is 2. The summed E-state index contributed by atoms with van der Waals surface area (Å²) in [5.41, 5.74) is 1.18. The van der Waals surface area contributed by atoms with E-state index < -0.39 is 0 Å². The van der Waals surface area contributed by atoms with Gasteiger partial charge in [0.25, 0.3) is 0 Å². The van der Waals surface area contributed by atoms with E-state index in [2.05, 4.69) is 25.8 Å². The fraction of sp³-hybridized carbons (Fsp3) is 0.118. The van der Waals surface area contributed by atoms with Crippen molar-refractivity contribution >= 4 is 46.3 Å². The maximum absolute atomic E-state index is 6.17. The van der Waals surface area contributed by atoms with E-state index in [1.54, 1.807) is 50.6 Å². The van der Waals surface area contributed by atoms with Gasteiger partial charge in [0.2, 0.25) is 5.95 Å². The lowest BCUT2D eigenvalue weighted by molar-refractivity contribution is 0.405. The van der Waals surface area contributed by atoms with Crippen molar-refractivity contribution in [1.82, 2.24) is 15.2 Å². The minimum atomic E-state index is 0.268. The van der Waals surface area contributed by atoms with E-state index >= 15 is 0 Å². The van der Waals surface area contributed by atoms with Gasteiger partial charge in [0, 0.05) is 6.07 Å². The molecule has 0 unspecified atom stereocenters. The number of ether oxygens (including phenoxy) is 2. The zero-order chi connectivity index (χ0) is 18.5. The Morgan fingerprint density at radius 2 is 1.73 bits per heavy atom. The number of para-hydroxylation sites is 1. The normalized spacial score (nSPS) is 10.3. The van der Waals surface area contributed by atoms with Gasteiger partial charge < -0.3 is 20.1 Å². The van der Waals surface area contributed by atoms with E-state index in [-0.39, 0.29) is 5.95 Å². The molecule has 0 amide bonds. The molecule has 0 saturated carbocycles. The van der Waals surface area contributed by atoms with E-state index in [0.29, 0.717) is 38.7 Å². The number of aromatic nitrogens is 3. The number of rotatable bonds is 6. The Balaban J connectivity index is 1.86. The Hall–Kier alpha value is -2.77. The molecule has 2 N–H and O–H groups in total. The molecule has 3 aromatic rings. The lowest BCUT2D eigenvalue weighted by Gasteiger charge is -2.12. The molecule has 0 bridgehead atoms. The van der Waals surface area contributed by atoms with E-state index in [1.807, 2.05) is 0 Å². The number of methoxy groups -OCH3 is 2. The third-order valence-electron chi connectivity index (χ3n) is 3.43. The molecule has 1 aromatic heterocycles. The average molecular weight is 392 g/mol. The highest BCUT2D eigenvalue weighted by molar-refractivity contribution is 6.39. The zero-order valence-electron chi connectivity index (χ0n) is 14.0. The standard InChI is InChI=1S/C17H15Cl2N5O2/c1-25-10-6-7-14(26-2)13(8-10)21-17-23-15(9-20-24-17)22-16-11(18)4-3-5-12(16)19/h3-9H,1-2H3,(H2,21,22,23,24). The summed E-state index contributed by atoms with van der Waals surface area (Å²) in [5.74, 6) is 1.98. The lowest BCUT2D eigenvalue weighted by atomic mass is 10.2. The van der Waals surface area contributed by atoms with E-state index in [1.165, 1.54) is 6.20 Å². The molecule has 134 valence electrons. The molecule has 7 nitrogen and oxygen atoms in total. The predicted octanol–water partition coefficient (Wildman–Crippen LogP) is 4.68. The average Bonchev–Trinajstić information content (AvgIpc) is 2.65. The first-order chi connectivity index (χ1) is 12.6. The number of hydrogen-bond donors (Lipinski definition) is 2. The lowest BCUT2D eigenvalue weighted by Crippen LogP contribution is -2.04. The number of nitrogens with zero attached hydrogens (tertiary/aromatic N) is 3. The monoisotopic (exact) mass is 391 g/mol. The van der Waals surface area contributed by atoms with Crippen molar-refractivity contribution in [3.8, 4) is 11.5 Å². The van der Waals surface area contributed by atoms with Crippen LogP contribution in [-0.2, 0) is 0 Å². The molecule has 0 aliphatic heterocycles. The SMILES string of the molecule is COc1ccc(OC)c(Nc2nncc(Nc3c(Cl)cccc3Cl)n2)c1. The van der Waals surface area contributed by atoms with Crippen LogP contribution in [0.3, 0.4) is 0 Å². The highest BCUT2D eigenvalue weighted by Crippen LogP contribution is 2.33. The molecule has 26 heavy (non-hydrogen) atoms. The molecule has 2 aromatic carbocycles.